The summed E-state index contributed by atoms with van der Waals surface area (Å²) in [5, 5.41) is 5.05. The highest BCUT2D eigenvalue weighted by Crippen LogP contribution is 2.27. The zero-order valence-electron chi connectivity index (χ0n) is 31.7. The molecule has 8 nitrogen and oxygen atoms in total. The molecule has 2 aromatic carbocycles. The van der Waals surface area contributed by atoms with Gasteiger partial charge >= 0.3 is 6.09 Å². The number of carbonyl (C=O) groups is 2. The second kappa shape index (κ2) is 15.7. The number of nitrogens with two attached hydrogens (primary N) is 1. The van der Waals surface area contributed by atoms with Crippen LogP contribution in [0.2, 0.25) is 0 Å². The molecule has 0 bridgehead atoms. The van der Waals surface area contributed by atoms with Gasteiger partial charge in [-0.2, -0.15) is 0 Å². The Morgan fingerprint density at radius 3 is 2.68 bits per heavy atom. The molecule has 0 spiro atoms. The van der Waals surface area contributed by atoms with Crippen LogP contribution in [0.3, 0.4) is 0 Å². The predicted octanol–water partition coefficient (Wildman–Crippen LogP) is 3.85. The molecule has 0 aromatic heterocycles. The van der Waals surface area contributed by atoms with Gasteiger partial charge in [-0.15, -0.1) is 12.4 Å². The maximum Gasteiger partial charge on any atom is 0.412 e. The zero-order chi connectivity index (χ0) is 36.1. The van der Waals surface area contributed by atoms with E-state index in [-0.39, 0.29) is 36.8 Å². The molecule has 3 rings (SSSR count). The Morgan fingerprint density at radius 1 is 1.19 bits per heavy atom. The lowest BCUT2D eigenvalue weighted by molar-refractivity contribution is -0.122. The molecular weight excluding hydrogens is 494 g/mol. The van der Waals surface area contributed by atoms with Crippen molar-refractivity contribution in [2.24, 2.45) is 11.6 Å². The number of hydrogen-bond acceptors (Lipinski definition) is 6. The Labute approximate surface area is 241 Å². The summed E-state index contributed by atoms with van der Waals surface area (Å²) in [6, 6.07) is 11.6. The number of carbonyl (C=O) groups excluding carboxylic acids is 2. The van der Waals surface area contributed by atoms with Crippen molar-refractivity contribution >= 4 is 30.5 Å². The van der Waals surface area contributed by atoms with Crippen LogP contribution in [0.5, 0.6) is 5.75 Å². The first-order valence-corrected chi connectivity index (χ1v) is 11.0. The average Bonchev–Trinajstić information content (AvgIpc) is 2.96. The van der Waals surface area contributed by atoms with Gasteiger partial charge in [0, 0.05) is 36.6 Å². The molecule has 3 atom stereocenters. The second-order valence-corrected chi connectivity index (χ2v) is 7.63. The fraction of sp³-hybridized carbons (Fsp3) is 0.357. The molecule has 0 radical (unpaired) electrons. The van der Waals surface area contributed by atoms with Gasteiger partial charge in [0.2, 0.25) is 5.91 Å². The maximum atomic E-state index is 12.2. The van der Waals surface area contributed by atoms with Crippen LogP contribution < -0.4 is 21.1 Å². The van der Waals surface area contributed by atoms with Crippen LogP contribution >= 0.6 is 12.4 Å². The highest BCUT2D eigenvalue weighted by atomic mass is 35.5. The van der Waals surface area contributed by atoms with Crippen LogP contribution in [0.1, 0.15) is 40.4 Å². The number of amides is 2. The van der Waals surface area contributed by atoms with Gasteiger partial charge in [0.15, 0.2) is 0 Å². The number of benzene rings is 2. The topological polar surface area (TPSA) is 112 Å². The van der Waals surface area contributed by atoms with Gasteiger partial charge in [-0.3, -0.25) is 4.79 Å². The Hall–Kier alpha value is -3.33. The monoisotopic (exact) mass is 541 g/mol. The molecule has 0 aliphatic heterocycles. The molecule has 0 heterocycles. The molecular formula is C28H36ClN3O5. The minimum atomic E-state index is -3.35. The molecule has 1 aliphatic rings. The van der Waals surface area contributed by atoms with E-state index in [2.05, 4.69) is 10.6 Å². The lowest BCUT2D eigenvalue weighted by Crippen LogP contribution is -2.44. The third-order valence-corrected chi connectivity index (χ3v) is 4.90. The van der Waals surface area contributed by atoms with E-state index in [0.717, 1.165) is 5.56 Å². The van der Waals surface area contributed by atoms with Crippen LogP contribution in [-0.4, -0.2) is 51.3 Å². The Morgan fingerprint density at radius 2 is 1.95 bits per heavy atom. The second-order valence-electron chi connectivity index (χ2n) is 7.63. The zero-order valence-corrected chi connectivity index (χ0v) is 20.5. The van der Waals surface area contributed by atoms with E-state index in [1.165, 1.54) is 24.3 Å². The van der Waals surface area contributed by atoms with Gasteiger partial charge in [0.25, 0.3) is 0 Å². The standard InChI is InChI=1S/C28H35N3O5.ClH/c1-34-24-16-22(17-25(19-24)35-2)9-8-20-10-12-23(13-11-20)36-28(33)31-15-14-30-27(32)26(29)18-21-6-4-3-5-7-21;/h3-13,16,22,25-26H,14-15,17-19,29H2,1-2H3,(H,30,32)(H,31,33);1H/b9-8+;/i1D3,2D3,8D,9D,17D2,22D,25D;. The first kappa shape index (κ1) is 16.5. The van der Waals surface area contributed by atoms with Gasteiger partial charge in [0.1, 0.15) is 5.75 Å². The third-order valence-electron chi connectivity index (χ3n) is 4.90. The molecule has 2 amide bonds. The van der Waals surface area contributed by atoms with Crippen molar-refractivity contribution in [3.63, 3.8) is 0 Å². The normalized spacial score (nSPS) is 29.1. The van der Waals surface area contributed by atoms with Crippen molar-refractivity contribution in [3.8, 4) is 5.75 Å². The van der Waals surface area contributed by atoms with Gasteiger partial charge in [-0.25, -0.2) is 4.79 Å². The molecule has 3 unspecified atom stereocenters. The number of methoxy groups -OCH3 is 2. The van der Waals surface area contributed by atoms with Crippen LogP contribution in [0.4, 0.5) is 4.79 Å². The molecule has 37 heavy (non-hydrogen) atoms. The van der Waals surface area contributed by atoms with Crippen molar-refractivity contribution < 1.29 is 40.2 Å². The molecule has 9 heteroatoms. The summed E-state index contributed by atoms with van der Waals surface area (Å²) in [5.74, 6) is -4.11. The SMILES string of the molecule is Cl.[2H]/C(=C(/[2H])C1([2H])C=C(OC([2H])([2H])[2H])CC([2H])(OC([2H])([2H])[2H])C1([2H])[2H])c1ccc(OC(=O)NCCNC(=O)C(N)Cc2ccccc2)cc1. The first-order chi connectivity index (χ1) is 22.1. The van der Waals surface area contributed by atoms with E-state index in [1.807, 2.05) is 30.3 Å². The van der Waals surface area contributed by atoms with Crippen molar-refractivity contribution in [2.45, 2.75) is 31.3 Å². The Balaban J connectivity index is 0.00000833. The lowest BCUT2D eigenvalue weighted by atomic mass is 9.91. The molecule has 200 valence electrons. The number of allylic oxidation sites excluding steroid dienone is 2. The van der Waals surface area contributed by atoms with Crippen molar-refractivity contribution in [3.05, 3.63) is 83.6 Å². The van der Waals surface area contributed by atoms with Crippen molar-refractivity contribution in [2.75, 3.05) is 27.2 Å². The predicted molar refractivity (Wildman–Crippen MR) is 146 cm³/mol. The Kier molecular flexibility index (Phi) is 7.01. The number of hydrogen-bond donors (Lipinski definition) is 3. The van der Waals surface area contributed by atoms with E-state index in [0.29, 0.717) is 12.5 Å². The number of rotatable bonds is 11. The molecule has 1 aliphatic carbocycles. The summed E-state index contributed by atoms with van der Waals surface area (Å²) in [4.78, 5) is 24.4. The van der Waals surface area contributed by atoms with E-state index in [1.54, 1.807) is 0 Å². The van der Waals surface area contributed by atoms with Crippen LogP contribution in [0.25, 0.3) is 6.05 Å². The summed E-state index contributed by atoms with van der Waals surface area (Å²) in [6.07, 6.45) is -7.36. The largest absolute Gasteiger partial charge is 0.501 e. The number of halogens is 1. The summed E-state index contributed by atoms with van der Waals surface area (Å²) in [7, 11) is -6.47. The maximum absolute atomic E-state index is 12.2. The minimum absolute atomic E-state index is 0. The minimum Gasteiger partial charge on any atom is -0.501 e. The van der Waals surface area contributed by atoms with Gasteiger partial charge in [-0.05, 0) is 42.1 Å². The van der Waals surface area contributed by atoms with E-state index >= 15 is 0 Å². The lowest BCUT2D eigenvalue weighted by Gasteiger charge is -2.25. The summed E-state index contributed by atoms with van der Waals surface area (Å²) in [5.41, 5.74) is 6.76. The van der Waals surface area contributed by atoms with Gasteiger partial charge in [0.05, 0.1) is 37.3 Å². The van der Waals surface area contributed by atoms with E-state index < -0.39 is 74.7 Å². The molecule has 0 saturated carbocycles. The van der Waals surface area contributed by atoms with Crippen molar-refractivity contribution in [1.82, 2.24) is 10.6 Å². The van der Waals surface area contributed by atoms with Crippen LogP contribution in [-0.2, 0) is 20.7 Å². The molecule has 2 aromatic rings. The van der Waals surface area contributed by atoms with Gasteiger partial charge < -0.3 is 30.6 Å². The highest BCUT2D eigenvalue weighted by Gasteiger charge is 2.21. The van der Waals surface area contributed by atoms with Crippen molar-refractivity contribution in [1.29, 1.82) is 0 Å². The number of nitrogens with one attached hydrogen (secondary N) is 2. The summed E-state index contributed by atoms with van der Waals surface area (Å²) in [6.45, 7) is 0.0850. The summed E-state index contributed by atoms with van der Waals surface area (Å²) < 4.78 is 110. The Bertz CT molecular complexity index is 1520. The fourth-order valence-corrected chi connectivity index (χ4v) is 3.13. The molecule has 0 saturated heterocycles. The highest BCUT2D eigenvalue weighted by molar-refractivity contribution is 5.85. The van der Waals surface area contributed by atoms with E-state index in [4.69, 9.17) is 36.4 Å². The van der Waals surface area contributed by atoms with E-state index in [9.17, 15) is 9.59 Å². The van der Waals surface area contributed by atoms with Gasteiger partial charge in [-0.1, -0.05) is 54.6 Å². The van der Waals surface area contributed by atoms with Crippen LogP contribution in [0.15, 0.2) is 72.5 Å². The smallest absolute Gasteiger partial charge is 0.412 e. The average molecular weight is 542 g/mol. The fourth-order valence-electron chi connectivity index (χ4n) is 3.13. The molecule has 0 fully saturated rings. The quantitative estimate of drug-likeness (QED) is 0.372. The number of ether oxygens (including phenoxy) is 3. The third kappa shape index (κ3) is 10.3. The van der Waals surface area contributed by atoms with Crippen LogP contribution in [0, 0.1) is 5.89 Å². The first-order valence-electron chi connectivity index (χ1n) is 17.0. The molecule has 4 N–H and O–H groups in total. The summed E-state index contributed by atoms with van der Waals surface area (Å²) >= 11 is 0.